The number of rotatable bonds is 5. The number of aryl methyl sites for hydroxylation is 2. The molecule has 0 aliphatic heterocycles. The van der Waals surface area contributed by atoms with Crippen LogP contribution in [0.3, 0.4) is 0 Å². The fraction of sp³-hybridized carbons (Fsp3) is 0.583. The molecule has 0 bridgehead atoms. The predicted octanol–water partition coefficient (Wildman–Crippen LogP) is 2.45. The summed E-state index contributed by atoms with van der Waals surface area (Å²) in [6.45, 7) is 4.93. The molecule has 1 aromatic heterocycles. The molecular formula is C12H20N2. The second kappa shape index (κ2) is 5.76. The quantitative estimate of drug-likeness (QED) is 0.778. The lowest BCUT2D eigenvalue weighted by Gasteiger charge is -2.08. The van der Waals surface area contributed by atoms with Gasteiger partial charge in [0, 0.05) is 12.2 Å². The Morgan fingerprint density at radius 1 is 1.14 bits per heavy atom. The molecule has 0 aliphatic rings. The van der Waals surface area contributed by atoms with E-state index < -0.39 is 0 Å². The fourth-order valence-corrected chi connectivity index (χ4v) is 1.64. The standard InChI is InChI=1S/C12H20N2/c1-3-5-10-7-8-11(9-13)14-12(10)6-4-2/h7-8H,3-6,9,13H2,1-2H3. The zero-order chi connectivity index (χ0) is 10.4. The van der Waals surface area contributed by atoms with Gasteiger partial charge in [-0.2, -0.15) is 0 Å². The van der Waals surface area contributed by atoms with E-state index in [9.17, 15) is 0 Å². The Kier molecular flexibility index (Phi) is 4.60. The molecule has 0 fully saturated rings. The van der Waals surface area contributed by atoms with Crippen LogP contribution in [0.4, 0.5) is 0 Å². The Morgan fingerprint density at radius 2 is 1.86 bits per heavy atom. The molecule has 1 aromatic rings. The van der Waals surface area contributed by atoms with Gasteiger partial charge in [0.1, 0.15) is 0 Å². The molecule has 1 heterocycles. The smallest absolute Gasteiger partial charge is 0.0543 e. The van der Waals surface area contributed by atoms with E-state index in [1.807, 2.05) is 6.07 Å². The number of hydrogen-bond acceptors (Lipinski definition) is 2. The fourth-order valence-electron chi connectivity index (χ4n) is 1.64. The third kappa shape index (κ3) is 2.81. The largest absolute Gasteiger partial charge is 0.325 e. The third-order valence-electron chi connectivity index (χ3n) is 2.34. The molecule has 0 amide bonds. The lowest BCUT2D eigenvalue weighted by atomic mass is 10.0. The van der Waals surface area contributed by atoms with Crippen molar-refractivity contribution in [3.05, 3.63) is 29.1 Å². The summed E-state index contributed by atoms with van der Waals surface area (Å²) in [4.78, 5) is 4.57. The van der Waals surface area contributed by atoms with Gasteiger partial charge < -0.3 is 5.73 Å². The van der Waals surface area contributed by atoms with E-state index in [0.29, 0.717) is 6.54 Å². The van der Waals surface area contributed by atoms with Crippen LogP contribution in [0.2, 0.25) is 0 Å². The minimum Gasteiger partial charge on any atom is -0.325 e. The number of hydrogen-bond donors (Lipinski definition) is 1. The van der Waals surface area contributed by atoms with Crippen LogP contribution >= 0.6 is 0 Å². The Bertz CT molecular complexity index is 282. The number of pyridine rings is 1. The highest BCUT2D eigenvalue weighted by Gasteiger charge is 2.03. The summed E-state index contributed by atoms with van der Waals surface area (Å²) >= 11 is 0. The van der Waals surface area contributed by atoms with Crippen LogP contribution in [-0.4, -0.2) is 4.98 Å². The Morgan fingerprint density at radius 3 is 2.43 bits per heavy atom. The van der Waals surface area contributed by atoms with E-state index in [-0.39, 0.29) is 0 Å². The summed E-state index contributed by atoms with van der Waals surface area (Å²) in [6.07, 6.45) is 4.54. The van der Waals surface area contributed by atoms with E-state index in [1.54, 1.807) is 0 Å². The Hall–Kier alpha value is -0.890. The summed E-state index contributed by atoms with van der Waals surface area (Å²) in [5, 5.41) is 0. The summed E-state index contributed by atoms with van der Waals surface area (Å²) in [5.74, 6) is 0. The van der Waals surface area contributed by atoms with Gasteiger partial charge in [-0.15, -0.1) is 0 Å². The summed E-state index contributed by atoms with van der Waals surface area (Å²) < 4.78 is 0. The van der Waals surface area contributed by atoms with Crippen molar-refractivity contribution in [1.29, 1.82) is 0 Å². The van der Waals surface area contributed by atoms with Crippen LogP contribution in [0.5, 0.6) is 0 Å². The first-order valence-electron chi connectivity index (χ1n) is 5.49. The number of aromatic nitrogens is 1. The summed E-state index contributed by atoms with van der Waals surface area (Å²) in [6, 6.07) is 4.23. The van der Waals surface area contributed by atoms with Gasteiger partial charge in [0.05, 0.1) is 5.69 Å². The molecule has 1 rings (SSSR count). The van der Waals surface area contributed by atoms with Gasteiger partial charge in [0.25, 0.3) is 0 Å². The molecule has 0 radical (unpaired) electrons. The highest BCUT2D eigenvalue weighted by atomic mass is 14.7. The molecule has 2 nitrogen and oxygen atoms in total. The average molecular weight is 192 g/mol. The van der Waals surface area contributed by atoms with Gasteiger partial charge in [-0.1, -0.05) is 32.8 Å². The van der Waals surface area contributed by atoms with E-state index in [1.165, 1.54) is 17.7 Å². The Labute approximate surface area is 86.5 Å². The SMILES string of the molecule is CCCc1ccc(CN)nc1CCC. The van der Waals surface area contributed by atoms with Crippen molar-refractivity contribution < 1.29 is 0 Å². The number of nitrogens with zero attached hydrogens (tertiary/aromatic N) is 1. The number of nitrogens with two attached hydrogens (primary N) is 1. The topological polar surface area (TPSA) is 38.9 Å². The molecule has 2 N–H and O–H groups in total. The van der Waals surface area contributed by atoms with Crippen LogP contribution < -0.4 is 5.73 Å². The monoisotopic (exact) mass is 192 g/mol. The van der Waals surface area contributed by atoms with Crippen molar-refractivity contribution in [2.45, 2.75) is 46.1 Å². The molecule has 0 aromatic carbocycles. The lowest BCUT2D eigenvalue weighted by Crippen LogP contribution is -2.05. The van der Waals surface area contributed by atoms with Crippen molar-refractivity contribution in [3.63, 3.8) is 0 Å². The highest BCUT2D eigenvalue weighted by molar-refractivity contribution is 5.23. The molecule has 0 saturated carbocycles. The first-order chi connectivity index (χ1) is 6.81. The zero-order valence-corrected chi connectivity index (χ0v) is 9.21. The molecule has 0 aliphatic carbocycles. The molecule has 0 spiro atoms. The van der Waals surface area contributed by atoms with Gasteiger partial charge in [-0.05, 0) is 24.5 Å². The second-order valence-electron chi connectivity index (χ2n) is 3.61. The van der Waals surface area contributed by atoms with Crippen LogP contribution in [0.15, 0.2) is 12.1 Å². The molecule has 0 atom stereocenters. The van der Waals surface area contributed by atoms with Crippen LogP contribution in [0.1, 0.15) is 43.6 Å². The molecule has 78 valence electrons. The van der Waals surface area contributed by atoms with Crippen molar-refractivity contribution >= 4 is 0 Å². The van der Waals surface area contributed by atoms with E-state index in [0.717, 1.165) is 25.0 Å². The van der Waals surface area contributed by atoms with Crippen molar-refractivity contribution in [2.24, 2.45) is 5.73 Å². The first-order valence-corrected chi connectivity index (χ1v) is 5.49. The Balaban J connectivity index is 2.91. The van der Waals surface area contributed by atoms with Crippen LogP contribution in [-0.2, 0) is 19.4 Å². The summed E-state index contributed by atoms with van der Waals surface area (Å²) in [5.41, 5.74) is 9.23. The minimum atomic E-state index is 0.545. The van der Waals surface area contributed by atoms with E-state index in [4.69, 9.17) is 5.73 Å². The maximum atomic E-state index is 5.58. The maximum Gasteiger partial charge on any atom is 0.0543 e. The van der Waals surface area contributed by atoms with Crippen molar-refractivity contribution in [3.8, 4) is 0 Å². The van der Waals surface area contributed by atoms with Gasteiger partial charge >= 0.3 is 0 Å². The van der Waals surface area contributed by atoms with Gasteiger partial charge in [0.15, 0.2) is 0 Å². The lowest BCUT2D eigenvalue weighted by molar-refractivity contribution is 0.810. The third-order valence-corrected chi connectivity index (χ3v) is 2.34. The van der Waals surface area contributed by atoms with E-state index in [2.05, 4.69) is 24.9 Å². The molecule has 2 heteroatoms. The highest BCUT2D eigenvalue weighted by Crippen LogP contribution is 2.12. The molecular weight excluding hydrogens is 172 g/mol. The van der Waals surface area contributed by atoms with Crippen molar-refractivity contribution in [1.82, 2.24) is 4.98 Å². The van der Waals surface area contributed by atoms with Gasteiger partial charge in [0.2, 0.25) is 0 Å². The normalized spacial score (nSPS) is 10.5. The van der Waals surface area contributed by atoms with E-state index >= 15 is 0 Å². The van der Waals surface area contributed by atoms with Gasteiger partial charge in [-0.25, -0.2) is 0 Å². The predicted molar refractivity (Wildman–Crippen MR) is 60.1 cm³/mol. The summed E-state index contributed by atoms with van der Waals surface area (Å²) in [7, 11) is 0. The average Bonchev–Trinajstić information content (AvgIpc) is 2.21. The maximum absolute atomic E-state index is 5.58. The first kappa shape index (κ1) is 11.2. The van der Waals surface area contributed by atoms with Crippen LogP contribution in [0.25, 0.3) is 0 Å². The van der Waals surface area contributed by atoms with Crippen molar-refractivity contribution in [2.75, 3.05) is 0 Å². The molecule has 0 unspecified atom stereocenters. The van der Waals surface area contributed by atoms with Crippen LogP contribution in [0, 0.1) is 0 Å². The zero-order valence-electron chi connectivity index (χ0n) is 9.21. The molecule has 0 saturated heterocycles. The second-order valence-corrected chi connectivity index (χ2v) is 3.61. The molecule has 14 heavy (non-hydrogen) atoms. The minimum absolute atomic E-state index is 0.545. The van der Waals surface area contributed by atoms with Gasteiger partial charge in [-0.3, -0.25) is 4.98 Å².